The first-order valence-corrected chi connectivity index (χ1v) is 7.64. The van der Waals surface area contributed by atoms with E-state index in [1.807, 2.05) is 19.2 Å². The minimum atomic E-state index is 0.404. The summed E-state index contributed by atoms with van der Waals surface area (Å²) in [6, 6.07) is 6.56. The molecule has 0 spiro atoms. The number of ether oxygens (including phenoxy) is 1. The maximum atomic E-state index is 6.25. The third kappa shape index (κ3) is 3.64. The Hall–Kier alpha value is -0.730. The molecular weight excluding hydrogens is 258 g/mol. The molecule has 1 fully saturated rings. The van der Waals surface area contributed by atoms with Gasteiger partial charge in [-0.15, -0.1) is 0 Å². The predicted octanol–water partition coefficient (Wildman–Crippen LogP) is 4.58. The third-order valence-corrected chi connectivity index (χ3v) is 4.51. The molecule has 0 radical (unpaired) electrons. The highest BCUT2D eigenvalue weighted by Crippen LogP contribution is 2.35. The molecule has 1 aliphatic rings. The second-order valence-electron chi connectivity index (χ2n) is 5.41. The van der Waals surface area contributed by atoms with Crippen LogP contribution in [0.5, 0.6) is 5.75 Å². The lowest BCUT2D eigenvalue weighted by atomic mass is 9.87. The standard InChI is InChI=1S/C16H24ClNO/c1-18-16(12-7-5-3-4-6-8-12)13-9-10-15(19-2)14(17)11-13/h9-12,16,18H,3-8H2,1-2H3. The van der Waals surface area contributed by atoms with E-state index < -0.39 is 0 Å². The molecule has 1 atom stereocenters. The Morgan fingerprint density at radius 3 is 2.42 bits per heavy atom. The number of rotatable bonds is 4. The Kier molecular flexibility index (Phi) is 5.53. The van der Waals surface area contributed by atoms with Crippen LogP contribution in [0.25, 0.3) is 0 Å². The first-order chi connectivity index (χ1) is 9.26. The van der Waals surface area contributed by atoms with Gasteiger partial charge in [0.2, 0.25) is 0 Å². The fourth-order valence-corrected chi connectivity index (χ4v) is 3.46. The maximum absolute atomic E-state index is 6.25. The van der Waals surface area contributed by atoms with Gasteiger partial charge in [-0.3, -0.25) is 0 Å². The summed E-state index contributed by atoms with van der Waals surface area (Å²) in [5, 5.41) is 4.18. The summed E-state index contributed by atoms with van der Waals surface area (Å²) < 4.78 is 5.23. The Labute approximate surface area is 121 Å². The zero-order valence-electron chi connectivity index (χ0n) is 11.9. The molecule has 1 saturated carbocycles. The zero-order chi connectivity index (χ0) is 13.7. The molecule has 1 aromatic carbocycles. The molecule has 106 valence electrons. The SMILES string of the molecule is CNC(c1ccc(OC)c(Cl)c1)C1CCCCCC1. The number of halogens is 1. The summed E-state index contributed by atoms with van der Waals surface area (Å²) in [7, 11) is 3.70. The van der Waals surface area contributed by atoms with Crippen LogP contribution in [-0.4, -0.2) is 14.2 Å². The molecule has 0 bridgehead atoms. The molecule has 3 heteroatoms. The number of nitrogens with one attached hydrogen (secondary N) is 1. The molecule has 0 aliphatic heterocycles. The van der Waals surface area contributed by atoms with Crippen LogP contribution >= 0.6 is 11.6 Å². The molecule has 0 saturated heterocycles. The van der Waals surface area contributed by atoms with E-state index in [1.165, 1.54) is 44.1 Å². The molecule has 0 aromatic heterocycles. The van der Waals surface area contributed by atoms with Gasteiger partial charge in [-0.1, -0.05) is 43.4 Å². The van der Waals surface area contributed by atoms with Crippen molar-refractivity contribution >= 4 is 11.6 Å². The lowest BCUT2D eigenvalue weighted by Gasteiger charge is -2.26. The average Bonchev–Trinajstić information content (AvgIpc) is 2.69. The minimum absolute atomic E-state index is 0.404. The fourth-order valence-electron chi connectivity index (χ4n) is 3.19. The Balaban J connectivity index is 2.18. The van der Waals surface area contributed by atoms with Crippen molar-refractivity contribution < 1.29 is 4.74 Å². The molecule has 1 aliphatic carbocycles. The van der Waals surface area contributed by atoms with Crippen LogP contribution in [0.4, 0.5) is 0 Å². The van der Waals surface area contributed by atoms with Crippen molar-refractivity contribution in [2.75, 3.05) is 14.2 Å². The smallest absolute Gasteiger partial charge is 0.137 e. The highest BCUT2D eigenvalue weighted by molar-refractivity contribution is 6.32. The van der Waals surface area contributed by atoms with Crippen LogP contribution < -0.4 is 10.1 Å². The zero-order valence-corrected chi connectivity index (χ0v) is 12.7. The first-order valence-electron chi connectivity index (χ1n) is 7.27. The van der Waals surface area contributed by atoms with Crippen LogP contribution in [0.15, 0.2) is 18.2 Å². The summed E-state index contributed by atoms with van der Waals surface area (Å²) in [6.45, 7) is 0. The number of benzene rings is 1. The van der Waals surface area contributed by atoms with E-state index in [9.17, 15) is 0 Å². The van der Waals surface area contributed by atoms with Gasteiger partial charge in [-0.2, -0.15) is 0 Å². The predicted molar refractivity (Wildman–Crippen MR) is 81.0 cm³/mol. The molecule has 1 N–H and O–H groups in total. The van der Waals surface area contributed by atoms with Gasteiger partial charge in [0.1, 0.15) is 5.75 Å². The van der Waals surface area contributed by atoms with E-state index in [4.69, 9.17) is 16.3 Å². The van der Waals surface area contributed by atoms with Crippen molar-refractivity contribution in [3.63, 3.8) is 0 Å². The van der Waals surface area contributed by atoms with Gasteiger partial charge >= 0.3 is 0 Å². The fraction of sp³-hybridized carbons (Fsp3) is 0.625. The lowest BCUT2D eigenvalue weighted by molar-refractivity contribution is 0.341. The summed E-state index contributed by atoms with van der Waals surface area (Å²) in [6.07, 6.45) is 8.11. The number of hydrogen-bond acceptors (Lipinski definition) is 2. The molecule has 2 rings (SSSR count). The Bertz CT molecular complexity index is 400. The minimum Gasteiger partial charge on any atom is -0.495 e. The van der Waals surface area contributed by atoms with Crippen LogP contribution in [0, 0.1) is 5.92 Å². The summed E-state index contributed by atoms with van der Waals surface area (Å²) >= 11 is 6.25. The molecule has 1 unspecified atom stereocenters. The Morgan fingerprint density at radius 1 is 1.21 bits per heavy atom. The molecule has 1 aromatic rings. The van der Waals surface area contributed by atoms with E-state index in [0.717, 1.165) is 11.7 Å². The van der Waals surface area contributed by atoms with Gasteiger partial charge in [-0.25, -0.2) is 0 Å². The van der Waals surface area contributed by atoms with Crippen molar-refractivity contribution in [2.24, 2.45) is 5.92 Å². The normalized spacial score (nSPS) is 18.9. The van der Waals surface area contributed by atoms with Gasteiger partial charge in [-0.05, 0) is 43.5 Å². The third-order valence-electron chi connectivity index (χ3n) is 4.22. The monoisotopic (exact) mass is 281 g/mol. The van der Waals surface area contributed by atoms with Crippen molar-refractivity contribution in [1.29, 1.82) is 0 Å². The van der Waals surface area contributed by atoms with Crippen LogP contribution in [0.1, 0.15) is 50.1 Å². The first kappa shape index (κ1) is 14.7. The summed E-state index contributed by atoms with van der Waals surface area (Å²) in [5.41, 5.74) is 1.28. The molecule has 2 nitrogen and oxygen atoms in total. The lowest BCUT2D eigenvalue weighted by Crippen LogP contribution is -2.25. The van der Waals surface area contributed by atoms with E-state index in [2.05, 4.69) is 11.4 Å². The average molecular weight is 282 g/mol. The van der Waals surface area contributed by atoms with Crippen molar-refractivity contribution in [3.8, 4) is 5.75 Å². The van der Waals surface area contributed by atoms with E-state index in [0.29, 0.717) is 11.1 Å². The van der Waals surface area contributed by atoms with E-state index in [-0.39, 0.29) is 0 Å². The topological polar surface area (TPSA) is 21.3 Å². The van der Waals surface area contributed by atoms with E-state index >= 15 is 0 Å². The second kappa shape index (κ2) is 7.16. The molecule has 0 heterocycles. The van der Waals surface area contributed by atoms with Gasteiger partial charge in [0.15, 0.2) is 0 Å². The van der Waals surface area contributed by atoms with E-state index in [1.54, 1.807) is 7.11 Å². The van der Waals surface area contributed by atoms with Gasteiger partial charge in [0.05, 0.1) is 12.1 Å². The molecule has 19 heavy (non-hydrogen) atoms. The number of hydrogen-bond donors (Lipinski definition) is 1. The second-order valence-corrected chi connectivity index (χ2v) is 5.82. The van der Waals surface area contributed by atoms with Crippen LogP contribution in [0.2, 0.25) is 5.02 Å². The number of methoxy groups -OCH3 is 1. The van der Waals surface area contributed by atoms with Crippen molar-refractivity contribution in [2.45, 2.75) is 44.6 Å². The van der Waals surface area contributed by atoms with Gasteiger partial charge in [0.25, 0.3) is 0 Å². The van der Waals surface area contributed by atoms with Gasteiger partial charge in [0, 0.05) is 6.04 Å². The highest BCUT2D eigenvalue weighted by atomic mass is 35.5. The van der Waals surface area contributed by atoms with Gasteiger partial charge < -0.3 is 10.1 Å². The quantitative estimate of drug-likeness (QED) is 0.816. The largest absolute Gasteiger partial charge is 0.495 e. The van der Waals surface area contributed by atoms with Crippen molar-refractivity contribution in [3.05, 3.63) is 28.8 Å². The molecular formula is C16H24ClNO. The maximum Gasteiger partial charge on any atom is 0.137 e. The van der Waals surface area contributed by atoms with Crippen molar-refractivity contribution in [1.82, 2.24) is 5.32 Å². The summed E-state index contributed by atoms with van der Waals surface area (Å²) in [5.74, 6) is 1.47. The Morgan fingerprint density at radius 2 is 1.89 bits per heavy atom. The van der Waals surface area contributed by atoms with Crippen LogP contribution in [0.3, 0.4) is 0 Å². The summed E-state index contributed by atoms with van der Waals surface area (Å²) in [4.78, 5) is 0. The van der Waals surface area contributed by atoms with Crippen LogP contribution in [-0.2, 0) is 0 Å². The molecule has 0 amide bonds. The highest BCUT2D eigenvalue weighted by Gasteiger charge is 2.23.